The molecule has 0 radical (unpaired) electrons. The molecule has 1 aliphatic heterocycles. The average Bonchev–Trinajstić information content (AvgIpc) is 2.47. The number of hydrogen-bond acceptors (Lipinski definition) is 2. The fourth-order valence-electron chi connectivity index (χ4n) is 3.17. The van der Waals surface area contributed by atoms with Crippen LogP contribution < -0.4 is 5.32 Å². The quantitative estimate of drug-likeness (QED) is 0.892. The Labute approximate surface area is 134 Å². The van der Waals surface area contributed by atoms with E-state index in [0.29, 0.717) is 18.9 Å². The maximum absolute atomic E-state index is 12.3. The zero-order valence-electron chi connectivity index (χ0n) is 14.3. The number of hydrogen-bond donors (Lipinski definition) is 1. The van der Waals surface area contributed by atoms with Crippen LogP contribution in [0.4, 0.5) is 0 Å². The molecule has 0 saturated carbocycles. The van der Waals surface area contributed by atoms with Crippen LogP contribution in [-0.4, -0.2) is 18.6 Å². The third-order valence-corrected chi connectivity index (χ3v) is 4.68. The summed E-state index contributed by atoms with van der Waals surface area (Å²) in [7, 11) is 0. The van der Waals surface area contributed by atoms with E-state index in [4.69, 9.17) is 4.74 Å². The monoisotopic (exact) mass is 303 g/mol. The lowest BCUT2D eigenvalue weighted by Gasteiger charge is -2.38. The number of amides is 1. The summed E-state index contributed by atoms with van der Waals surface area (Å²) in [6, 6.07) is 8.32. The Bertz CT molecular complexity index is 508. The van der Waals surface area contributed by atoms with E-state index in [9.17, 15) is 4.79 Å². The fraction of sp³-hybridized carbons (Fsp3) is 0.632. The molecule has 1 heterocycles. The van der Waals surface area contributed by atoms with Crippen molar-refractivity contribution in [2.45, 2.75) is 65.5 Å². The number of benzene rings is 1. The van der Waals surface area contributed by atoms with Gasteiger partial charge in [0.05, 0.1) is 12.5 Å². The van der Waals surface area contributed by atoms with Crippen molar-refractivity contribution in [2.24, 2.45) is 5.41 Å². The lowest BCUT2D eigenvalue weighted by atomic mass is 9.79. The van der Waals surface area contributed by atoms with Crippen molar-refractivity contribution in [1.29, 1.82) is 0 Å². The SMILES string of the molecule is CC(C)c1ccccc1CNC(=O)CC1OCCCC1(C)C. The predicted octanol–water partition coefficient (Wildman–Crippen LogP) is 4.02. The lowest BCUT2D eigenvalue weighted by Crippen LogP contribution is -2.40. The highest BCUT2D eigenvalue weighted by atomic mass is 16.5. The summed E-state index contributed by atoms with van der Waals surface area (Å²) in [5.74, 6) is 0.548. The summed E-state index contributed by atoms with van der Waals surface area (Å²) in [5.41, 5.74) is 2.59. The first-order valence-electron chi connectivity index (χ1n) is 8.36. The van der Waals surface area contributed by atoms with Gasteiger partial charge in [-0.15, -0.1) is 0 Å². The van der Waals surface area contributed by atoms with Gasteiger partial charge in [0, 0.05) is 13.2 Å². The van der Waals surface area contributed by atoms with Crippen molar-refractivity contribution in [3.8, 4) is 0 Å². The predicted molar refractivity (Wildman–Crippen MR) is 89.7 cm³/mol. The number of carbonyl (C=O) groups excluding carboxylic acids is 1. The van der Waals surface area contributed by atoms with Gasteiger partial charge in [-0.1, -0.05) is 52.0 Å². The van der Waals surface area contributed by atoms with Gasteiger partial charge in [0.1, 0.15) is 0 Å². The smallest absolute Gasteiger partial charge is 0.222 e. The molecule has 0 aromatic heterocycles. The highest BCUT2D eigenvalue weighted by Gasteiger charge is 2.34. The normalized spacial score (nSPS) is 20.9. The van der Waals surface area contributed by atoms with Gasteiger partial charge in [-0.3, -0.25) is 4.79 Å². The molecule has 1 aliphatic rings. The van der Waals surface area contributed by atoms with Gasteiger partial charge >= 0.3 is 0 Å². The molecule has 1 amide bonds. The first-order valence-corrected chi connectivity index (χ1v) is 8.36. The number of ether oxygens (including phenoxy) is 1. The van der Waals surface area contributed by atoms with Crippen molar-refractivity contribution in [3.05, 3.63) is 35.4 Å². The number of carbonyl (C=O) groups is 1. The molecular formula is C19H29NO2. The molecule has 0 bridgehead atoms. The molecule has 1 saturated heterocycles. The minimum atomic E-state index is 0.0293. The molecule has 22 heavy (non-hydrogen) atoms. The maximum Gasteiger partial charge on any atom is 0.222 e. The molecule has 1 unspecified atom stereocenters. The molecule has 1 fully saturated rings. The van der Waals surface area contributed by atoms with Crippen LogP contribution >= 0.6 is 0 Å². The van der Waals surface area contributed by atoms with E-state index in [1.165, 1.54) is 11.1 Å². The molecule has 1 N–H and O–H groups in total. The van der Waals surface area contributed by atoms with Crippen LogP contribution in [0.25, 0.3) is 0 Å². The van der Waals surface area contributed by atoms with Crippen molar-refractivity contribution < 1.29 is 9.53 Å². The van der Waals surface area contributed by atoms with Crippen LogP contribution in [0.5, 0.6) is 0 Å². The Hall–Kier alpha value is -1.35. The van der Waals surface area contributed by atoms with Crippen LogP contribution in [0.1, 0.15) is 64.0 Å². The Balaban J connectivity index is 1.91. The highest BCUT2D eigenvalue weighted by Crippen LogP contribution is 2.34. The van der Waals surface area contributed by atoms with Crippen LogP contribution in [0.15, 0.2) is 24.3 Å². The van der Waals surface area contributed by atoms with Gasteiger partial charge in [-0.25, -0.2) is 0 Å². The average molecular weight is 303 g/mol. The van der Waals surface area contributed by atoms with Gasteiger partial charge in [0.2, 0.25) is 5.91 Å². The van der Waals surface area contributed by atoms with Crippen LogP contribution in [-0.2, 0) is 16.1 Å². The van der Waals surface area contributed by atoms with Crippen molar-refractivity contribution in [3.63, 3.8) is 0 Å². The minimum Gasteiger partial charge on any atom is -0.377 e. The van der Waals surface area contributed by atoms with Gasteiger partial charge in [0.25, 0.3) is 0 Å². The summed E-state index contributed by atoms with van der Waals surface area (Å²) < 4.78 is 5.82. The van der Waals surface area contributed by atoms with E-state index in [2.05, 4.69) is 51.2 Å². The molecular weight excluding hydrogens is 274 g/mol. The third kappa shape index (κ3) is 4.33. The van der Waals surface area contributed by atoms with Crippen LogP contribution in [0.2, 0.25) is 0 Å². The standard InChI is InChI=1S/C19H29NO2/c1-14(2)16-9-6-5-8-15(16)13-20-18(21)12-17-19(3,4)10-7-11-22-17/h5-6,8-9,14,17H,7,10-13H2,1-4H3,(H,20,21). The van der Waals surface area contributed by atoms with E-state index >= 15 is 0 Å². The molecule has 1 aromatic carbocycles. The van der Waals surface area contributed by atoms with E-state index in [1.807, 2.05) is 6.07 Å². The van der Waals surface area contributed by atoms with E-state index in [0.717, 1.165) is 19.4 Å². The van der Waals surface area contributed by atoms with Crippen LogP contribution in [0, 0.1) is 5.41 Å². The summed E-state index contributed by atoms with van der Waals surface area (Å²) in [5, 5.41) is 3.06. The van der Waals surface area contributed by atoms with E-state index in [-0.39, 0.29) is 17.4 Å². The first kappa shape index (κ1) is 17.0. The highest BCUT2D eigenvalue weighted by molar-refractivity contribution is 5.76. The molecule has 1 aromatic rings. The Morgan fingerprint density at radius 3 is 2.77 bits per heavy atom. The maximum atomic E-state index is 12.3. The number of nitrogens with one attached hydrogen (secondary N) is 1. The summed E-state index contributed by atoms with van der Waals surface area (Å²) in [4.78, 5) is 12.3. The lowest BCUT2D eigenvalue weighted by molar-refractivity contribution is -0.130. The molecule has 3 heteroatoms. The second-order valence-electron chi connectivity index (χ2n) is 7.29. The molecule has 0 aliphatic carbocycles. The molecule has 122 valence electrons. The van der Waals surface area contributed by atoms with Crippen molar-refractivity contribution >= 4 is 5.91 Å². The van der Waals surface area contributed by atoms with Gasteiger partial charge < -0.3 is 10.1 Å². The van der Waals surface area contributed by atoms with E-state index in [1.54, 1.807) is 0 Å². The first-order chi connectivity index (χ1) is 10.4. The van der Waals surface area contributed by atoms with Gasteiger partial charge in [-0.2, -0.15) is 0 Å². The summed E-state index contributed by atoms with van der Waals surface area (Å²) in [6.07, 6.45) is 2.70. The molecule has 0 spiro atoms. The zero-order valence-corrected chi connectivity index (χ0v) is 14.3. The summed E-state index contributed by atoms with van der Waals surface area (Å²) in [6.45, 7) is 10.1. The Kier molecular flexibility index (Phi) is 5.63. The minimum absolute atomic E-state index is 0.0293. The molecule has 3 nitrogen and oxygen atoms in total. The third-order valence-electron chi connectivity index (χ3n) is 4.68. The second-order valence-corrected chi connectivity index (χ2v) is 7.29. The van der Waals surface area contributed by atoms with Gasteiger partial charge in [0.15, 0.2) is 0 Å². The number of rotatable bonds is 5. The Morgan fingerprint density at radius 2 is 2.09 bits per heavy atom. The largest absolute Gasteiger partial charge is 0.377 e. The molecule has 1 atom stereocenters. The zero-order chi connectivity index (χ0) is 16.2. The van der Waals surface area contributed by atoms with Crippen LogP contribution in [0.3, 0.4) is 0 Å². The van der Waals surface area contributed by atoms with Crippen molar-refractivity contribution in [1.82, 2.24) is 5.32 Å². The Morgan fingerprint density at radius 1 is 1.36 bits per heavy atom. The topological polar surface area (TPSA) is 38.3 Å². The summed E-state index contributed by atoms with van der Waals surface area (Å²) >= 11 is 0. The molecule has 2 rings (SSSR count). The van der Waals surface area contributed by atoms with E-state index < -0.39 is 0 Å². The van der Waals surface area contributed by atoms with Gasteiger partial charge in [-0.05, 0) is 35.3 Å². The fourth-order valence-corrected chi connectivity index (χ4v) is 3.17. The van der Waals surface area contributed by atoms with Crippen molar-refractivity contribution in [2.75, 3.05) is 6.61 Å². The second kappa shape index (κ2) is 7.28.